The molecule has 0 bridgehead atoms. The number of benzene rings is 1. The van der Waals surface area contributed by atoms with Crippen molar-refractivity contribution in [1.82, 2.24) is 25.1 Å². The highest BCUT2D eigenvalue weighted by Crippen LogP contribution is 2.16. The van der Waals surface area contributed by atoms with Gasteiger partial charge in [-0.3, -0.25) is 14.3 Å². The van der Waals surface area contributed by atoms with Gasteiger partial charge in [-0.25, -0.2) is 9.97 Å². The standard InChI is InChI=1S/C21H18N6O3/c1-27-16-5-4-14(10-15(16)12-25-27)20(29)24-11-13-6-8-22-18(9-13)26-21(30)19-17(28)3-2-7-23-19/h2-10,12,28H,11H2,1H3,(H,24,29)(H,22,26,30). The third-order valence-corrected chi connectivity index (χ3v) is 4.53. The smallest absolute Gasteiger partial charge is 0.279 e. The van der Waals surface area contributed by atoms with E-state index < -0.39 is 5.91 Å². The molecule has 150 valence electrons. The second kappa shape index (κ2) is 8.00. The van der Waals surface area contributed by atoms with Crippen LogP contribution in [0.5, 0.6) is 5.75 Å². The van der Waals surface area contributed by atoms with Gasteiger partial charge in [0.1, 0.15) is 11.6 Å². The van der Waals surface area contributed by atoms with Gasteiger partial charge < -0.3 is 15.7 Å². The summed E-state index contributed by atoms with van der Waals surface area (Å²) in [7, 11) is 1.84. The Morgan fingerprint density at radius 2 is 1.93 bits per heavy atom. The lowest BCUT2D eigenvalue weighted by Crippen LogP contribution is -2.23. The third-order valence-electron chi connectivity index (χ3n) is 4.53. The number of pyridine rings is 2. The molecule has 2 amide bonds. The molecule has 0 aliphatic heterocycles. The van der Waals surface area contributed by atoms with Gasteiger partial charge in [-0.1, -0.05) is 0 Å². The monoisotopic (exact) mass is 402 g/mol. The Kier molecular flexibility index (Phi) is 5.08. The molecule has 0 fully saturated rings. The fourth-order valence-electron chi connectivity index (χ4n) is 2.99. The SMILES string of the molecule is Cn1ncc2cc(C(=O)NCc3ccnc(NC(=O)c4ncccc4O)c3)ccc21. The topological polar surface area (TPSA) is 122 Å². The van der Waals surface area contributed by atoms with E-state index >= 15 is 0 Å². The van der Waals surface area contributed by atoms with Gasteiger partial charge in [0, 0.05) is 36.9 Å². The summed E-state index contributed by atoms with van der Waals surface area (Å²) >= 11 is 0. The second-order valence-electron chi connectivity index (χ2n) is 6.60. The number of anilines is 1. The lowest BCUT2D eigenvalue weighted by Gasteiger charge is -2.08. The molecule has 4 rings (SSSR count). The van der Waals surface area contributed by atoms with Gasteiger partial charge in [0.2, 0.25) is 0 Å². The van der Waals surface area contributed by atoms with E-state index in [0.717, 1.165) is 16.5 Å². The normalized spacial score (nSPS) is 10.7. The summed E-state index contributed by atoms with van der Waals surface area (Å²) in [5.74, 6) is -0.731. The number of aromatic hydroxyl groups is 1. The van der Waals surface area contributed by atoms with Crippen molar-refractivity contribution in [2.75, 3.05) is 5.32 Å². The zero-order valence-electron chi connectivity index (χ0n) is 16.0. The van der Waals surface area contributed by atoms with Crippen LogP contribution in [0, 0.1) is 0 Å². The van der Waals surface area contributed by atoms with Gasteiger partial charge in [-0.15, -0.1) is 0 Å². The molecule has 3 heterocycles. The Balaban J connectivity index is 1.42. The van der Waals surface area contributed by atoms with Crippen molar-refractivity contribution in [3.8, 4) is 5.75 Å². The van der Waals surface area contributed by atoms with Crippen LogP contribution in [0.25, 0.3) is 10.9 Å². The van der Waals surface area contributed by atoms with Crippen LogP contribution in [0.1, 0.15) is 26.4 Å². The minimum atomic E-state index is -0.577. The number of carbonyl (C=O) groups is 2. The van der Waals surface area contributed by atoms with E-state index in [1.807, 2.05) is 13.1 Å². The number of hydrogen-bond donors (Lipinski definition) is 3. The maximum atomic E-state index is 12.5. The van der Waals surface area contributed by atoms with Crippen molar-refractivity contribution >= 4 is 28.5 Å². The van der Waals surface area contributed by atoms with Crippen molar-refractivity contribution in [1.29, 1.82) is 0 Å². The Bertz CT molecular complexity index is 1250. The molecule has 9 heteroatoms. The number of aryl methyl sites for hydroxylation is 1. The van der Waals surface area contributed by atoms with Crippen LogP contribution in [0.15, 0.2) is 61.1 Å². The third kappa shape index (κ3) is 3.95. The summed E-state index contributed by atoms with van der Waals surface area (Å²) in [6.45, 7) is 0.254. The molecule has 30 heavy (non-hydrogen) atoms. The van der Waals surface area contributed by atoms with Crippen LogP contribution in [0.2, 0.25) is 0 Å². The Hall–Kier alpha value is -4.27. The zero-order chi connectivity index (χ0) is 21.1. The predicted molar refractivity (Wildman–Crippen MR) is 110 cm³/mol. The van der Waals surface area contributed by atoms with E-state index in [-0.39, 0.29) is 29.7 Å². The molecule has 0 atom stereocenters. The minimum Gasteiger partial charge on any atom is -0.505 e. The van der Waals surface area contributed by atoms with Gasteiger partial charge in [-0.2, -0.15) is 5.10 Å². The van der Waals surface area contributed by atoms with Crippen LogP contribution < -0.4 is 10.6 Å². The zero-order valence-corrected chi connectivity index (χ0v) is 16.0. The molecular weight excluding hydrogens is 384 g/mol. The number of rotatable bonds is 5. The number of nitrogens with zero attached hydrogens (tertiary/aromatic N) is 4. The Labute approximate surface area is 171 Å². The molecule has 0 radical (unpaired) electrons. The van der Waals surface area contributed by atoms with Crippen molar-refractivity contribution in [2.24, 2.45) is 7.05 Å². The molecule has 0 spiro atoms. The summed E-state index contributed by atoms with van der Waals surface area (Å²) in [5.41, 5.74) is 2.13. The number of aromatic nitrogens is 4. The van der Waals surface area contributed by atoms with E-state index in [4.69, 9.17) is 0 Å². The van der Waals surface area contributed by atoms with Crippen molar-refractivity contribution in [3.05, 3.63) is 77.9 Å². The van der Waals surface area contributed by atoms with Gasteiger partial charge in [0.15, 0.2) is 5.69 Å². The Morgan fingerprint density at radius 1 is 1.07 bits per heavy atom. The molecule has 1 aromatic carbocycles. The first-order chi connectivity index (χ1) is 14.5. The van der Waals surface area contributed by atoms with Gasteiger partial charge in [0.05, 0.1) is 11.7 Å². The fraction of sp³-hybridized carbons (Fsp3) is 0.0952. The maximum Gasteiger partial charge on any atom is 0.279 e. The lowest BCUT2D eigenvalue weighted by atomic mass is 10.1. The predicted octanol–water partition coefficient (Wildman–Crippen LogP) is 2.25. The van der Waals surface area contributed by atoms with Crippen LogP contribution in [0.4, 0.5) is 5.82 Å². The van der Waals surface area contributed by atoms with E-state index in [1.54, 1.807) is 35.1 Å². The van der Waals surface area contributed by atoms with Crippen LogP contribution in [0.3, 0.4) is 0 Å². The van der Waals surface area contributed by atoms with Crippen LogP contribution in [-0.4, -0.2) is 36.7 Å². The molecule has 9 nitrogen and oxygen atoms in total. The highest BCUT2D eigenvalue weighted by Gasteiger charge is 2.13. The first-order valence-electron chi connectivity index (χ1n) is 9.11. The maximum absolute atomic E-state index is 12.5. The molecule has 0 aliphatic rings. The van der Waals surface area contributed by atoms with E-state index in [2.05, 4.69) is 25.7 Å². The first kappa shape index (κ1) is 19.1. The fourth-order valence-corrected chi connectivity index (χ4v) is 2.99. The summed E-state index contributed by atoms with van der Waals surface area (Å²) in [5, 5.41) is 20.2. The summed E-state index contributed by atoms with van der Waals surface area (Å²) in [6, 6.07) is 11.7. The van der Waals surface area contributed by atoms with Crippen LogP contribution >= 0.6 is 0 Å². The summed E-state index contributed by atoms with van der Waals surface area (Å²) < 4.78 is 1.74. The number of carbonyl (C=O) groups excluding carboxylic acids is 2. The number of hydrogen-bond acceptors (Lipinski definition) is 6. The highest BCUT2D eigenvalue weighted by molar-refractivity contribution is 6.04. The van der Waals surface area contributed by atoms with E-state index in [9.17, 15) is 14.7 Å². The molecular formula is C21H18N6O3. The molecule has 3 N–H and O–H groups in total. The average molecular weight is 402 g/mol. The molecule has 0 aliphatic carbocycles. The molecule has 0 saturated carbocycles. The van der Waals surface area contributed by atoms with Gasteiger partial charge in [-0.05, 0) is 48.0 Å². The van der Waals surface area contributed by atoms with Gasteiger partial charge >= 0.3 is 0 Å². The van der Waals surface area contributed by atoms with Crippen molar-refractivity contribution < 1.29 is 14.7 Å². The molecule has 4 aromatic rings. The van der Waals surface area contributed by atoms with Crippen molar-refractivity contribution in [2.45, 2.75) is 6.54 Å². The molecule has 3 aromatic heterocycles. The first-order valence-corrected chi connectivity index (χ1v) is 9.11. The minimum absolute atomic E-state index is 0.0937. The highest BCUT2D eigenvalue weighted by atomic mass is 16.3. The molecule has 0 saturated heterocycles. The number of nitrogens with one attached hydrogen (secondary N) is 2. The Morgan fingerprint density at radius 3 is 2.77 bits per heavy atom. The summed E-state index contributed by atoms with van der Waals surface area (Å²) in [6.07, 6.45) is 4.65. The largest absolute Gasteiger partial charge is 0.505 e. The van der Waals surface area contributed by atoms with E-state index in [1.165, 1.54) is 24.5 Å². The summed E-state index contributed by atoms with van der Waals surface area (Å²) in [4.78, 5) is 32.7. The van der Waals surface area contributed by atoms with Gasteiger partial charge in [0.25, 0.3) is 11.8 Å². The van der Waals surface area contributed by atoms with E-state index in [0.29, 0.717) is 5.56 Å². The number of amides is 2. The quantitative estimate of drug-likeness (QED) is 0.471. The molecule has 0 unspecified atom stereocenters. The second-order valence-corrected chi connectivity index (χ2v) is 6.60. The average Bonchev–Trinajstić information content (AvgIpc) is 3.12. The number of fused-ring (bicyclic) bond motifs is 1. The lowest BCUT2D eigenvalue weighted by molar-refractivity contribution is 0.0950. The van der Waals surface area contributed by atoms with Crippen LogP contribution in [-0.2, 0) is 13.6 Å². The van der Waals surface area contributed by atoms with Crippen molar-refractivity contribution in [3.63, 3.8) is 0 Å².